The summed E-state index contributed by atoms with van der Waals surface area (Å²) in [4.78, 5) is 14.6. The van der Waals surface area contributed by atoms with E-state index in [4.69, 9.17) is 14.7 Å². The molecule has 2 N–H and O–H groups in total. The van der Waals surface area contributed by atoms with E-state index in [9.17, 15) is 8.42 Å². The number of nitrogens with one attached hydrogen (secondary N) is 2. The minimum absolute atomic E-state index is 0.0561. The minimum Gasteiger partial charge on any atom is -0.494 e. The Labute approximate surface area is 245 Å². The predicted molar refractivity (Wildman–Crippen MR) is 168 cm³/mol. The van der Waals surface area contributed by atoms with Crippen molar-refractivity contribution in [2.45, 2.75) is 37.5 Å². The number of thiophene rings is 1. The fourth-order valence-corrected chi connectivity index (χ4v) is 7.47. The molecule has 2 saturated heterocycles. The highest BCUT2D eigenvalue weighted by Crippen LogP contribution is 2.36. The third kappa shape index (κ3) is 6.42. The topological polar surface area (TPSA) is 99.7 Å². The van der Waals surface area contributed by atoms with Crippen molar-refractivity contribution < 1.29 is 13.2 Å². The van der Waals surface area contributed by atoms with Crippen LogP contribution in [0.1, 0.15) is 31.2 Å². The third-order valence-corrected chi connectivity index (χ3v) is 9.66. The second kappa shape index (κ2) is 11.8. The highest BCUT2D eigenvalue weighted by molar-refractivity contribution is 7.89. The smallest absolute Gasteiger partial charge is 0.229 e. The Morgan fingerprint density at radius 2 is 1.76 bits per heavy atom. The SMILES string of the molecule is COc1cc(N2CCC(N3CCCC3)CC2)ccc1Nc1nc(Nc2ccccc2CS(C)(=O)=O)c2sccc2n1. The van der Waals surface area contributed by atoms with Gasteiger partial charge in [-0.05, 0) is 74.0 Å². The number of ether oxygens (including phenoxy) is 1. The number of methoxy groups -OCH3 is 1. The Bertz CT molecular complexity index is 1630. The summed E-state index contributed by atoms with van der Waals surface area (Å²) in [5.41, 5.74) is 4.13. The number of benzene rings is 2. The van der Waals surface area contributed by atoms with E-state index in [1.807, 2.05) is 41.8 Å². The van der Waals surface area contributed by atoms with Crippen molar-refractivity contribution in [2.75, 3.05) is 55.1 Å². The molecule has 0 spiro atoms. The maximum absolute atomic E-state index is 12.0. The molecule has 41 heavy (non-hydrogen) atoms. The molecule has 0 radical (unpaired) electrons. The zero-order valence-electron chi connectivity index (χ0n) is 23.5. The molecule has 2 aromatic carbocycles. The van der Waals surface area contributed by atoms with E-state index in [0.29, 0.717) is 29.1 Å². The predicted octanol–water partition coefficient (Wildman–Crippen LogP) is 5.80. The normalized spacial score (nSPS) is 16.8. The van der Waals surface area contributed by atoms with Gasteiger partial charge in [-0.15, -0.1) is 11.3 Å². The van der Waals surface area contributed by atoms with E-state index in [1.54, 1.807) is 7.11 Å². The van der Waals surface area contributed by atoms with Crippen LogP contribution in [-0.2, 0) is 15.6 Å². The average molecular weight is 593 g/mol. The zero-order valence-corrected chi connectivity index (χ0v) is 25.1. The summed E-state index contributed by atoms with van der Waals surface area (Å²) in [5, 5.41) is 8.69. The van der Waals surface area contributed by atoms with Crippen LogP contribution in [-0.4, -0.2) is 68.9 Å². The number of hydrogen-bond acceptors (Lipinski definition) is 10. The average Bonchev–Trinajstić information content (AvgIpc) is 3.67. The Morgan fingerprint density at radius 1 is 0.976 bits per heavy atom. The van der Waals surface area contributed by atoms with Gasteiger partial charge in [-0.25, -0.2) is 13.4 Å². The number of nitrogens with zero attached hydrogens (tertiary/aromatic N) is 4. The highest BCUT2D eigenvalue weighted by atomic mass is 32.2. The van der Waals surface area contributed by atoms with Gasteiger partial charge in [-0.1, -0.05) is 18.2 Å². The summed E-state index contributed by atoms with van der Waals surface area (Å²) in [5.74, 6) is 1.71. The van der Waals surface area contributed by atoms with Crippen LogP contribution < -0.4 is 20.3 Å². The van der Waals surface area contributed by atoms with Gasteiger partial charge < -0.3 is 25.2 Å². The number of likely N-dealkylation sites (tertiary alicyclic amines) is 1. The largest absolute Gasteiger partial charge is 0.494 e. The molecule has 216 valence electrons. The molecule has 9 nitrogen and oxygen atoms in total. The molecule has 0 bridgehead atoms. The number of para-hydroxylation sites is 1. The third-order valence-electron chi connectivity index (χ3n) is 7.91. The Balaban J connectivity index is 1.22. The van der Waals surface area contributed by atoms with Gasteiger partial charge in [0.2, 0.25) is 5.95 Å². The van der Waals surface area contributed by atoms with Gasteiger partial charge in [0, 0.05) is 42.8 Å². The number of rotatable bonds is 9. The summed E-state index contributed by atoms with van der Waals surface area (Å²) >= 11 is 1.53. The number of fused-ring (bicyclic) bond motifs is 1. The van der Waals surface area contributed by atoms with E-state index in [2.05, 4.69) is 32.6 Å². The van der Waals surface area contributed by atoms with Crippen molar-refractivity contribution in [3.8, 4) is 5.75 Å². The van der Waals surface area contributed by atoms with Gasteiger partial charge in [0.1, 0.15) is 5.75 Å². The van der Waals surface area contributed by atoms with Crippen LogP contribution in [0.5, 0.6) is 5.75 Å². The molecule has 6 rings (SSSR count). The zero-order chi connectivity index (χ0) is 28.4. The quantitative estimate of drug-likeness (QED) is 0.250. The second-order valence-electron chi connectivity index (χ2n) is 10.9. The van der Waals surface area contributed by atoms with E-state index in [1.165, 1.54) is 56.4 Å². The molecule has 0 unspecified atom stereocenters. The molecule has 11 heteroatoms. The molecule has 0 atom stereocenters. The van der Waals surface area contributed by atoms with Crippen LogP contribution in [0.2, 0.25) is 0 Å². The second-order valence-corrected chi connectivity index (χ2v) is 13.9. The van der Waals surface area contributed by atoms with Crippen LogP contribution in [0.25, 0.3) is 10.2 Å². The summed E-state index contributed by atoms with van der Waals surface area (Å²) in [6, 6.07) is 16.3. The minimum atomic E-state index is -3.20. The van der Waals surface area contributed by atoms with Crippen molar-refractivity contribution in [3.63, 3.8) is 0 Å². The highest BCUT2D eigenvalue weighted by Gasteiger charge is 2.27. The molecule has 0 saturated carbocycles. The van der Waals surface area contributed by atoms with Crippen LogP contribution in [0.3, 0.4) is 0 Å². The van der Waals surface area contributed by atoms with Crippen LogP contribution in [0.15, 0.2) is 53.9 Å². The van der Waals surface area contributed by atoms with E-state index >= 15 is 0 Å². The lowest BCUT2D eigenvalue weighted by Gasteiger charge is -2.38. The van der Waals surface area contributed by atoms with Gasteiger partial charge >= 0.3 is 0 Å². The van der Waals surface area contributed by atoms with Gasteiger partial charge in [-0.2, -0.15) is 4.98 Å². The first-order chi connectivity index (χ1) is 19.9. The molecule has 2 fully saturated rings. The monoisotopic (exact) mass is 592 g/mol. The van der Waals surface area contributed by atoms with Crippen molar-refractivity contribution in [2.24, 2.45) is 0 Å². The summed E-state index contributed by atoms with van der Waals surface area (Å²) < 4.78 is 30.7. The molecule has 4 aromatic rings. The van der Waals surface area contributed by atoms with Crippen LogP contribution in [0, 0.1) is 0 Å². The summed E-state index contributed by atoms with van der Waals surface area (Å²) in [7, 11) is -1.52. The van der Waals surface area contributed by atoms with Gasteiger partial charge in [0.05, 0.1) is 28.8 Å². The van der Waals surface area contributed by atoms with Crippen LogP contribution in [0.4, 0.5) is 28.8 Å². The Kier molecular flexibility index (Phi) is 8.01. The van der Waals surface area contributed by atoms with E-state index in [0.717, 1.165) is 40.4 Å². The summed E-state index contributed by atoms with van der Waals surface area (Å²) in [6.07, 6.45) is 6.30. The molecule has 2 aliphatic heterocycles. The first kappa shape index (κ1) is 27.7. The molecular formula is C30H36N6O3S2. The van der Waals surface area contributed by atoms with Gasteiger partial charge in [0.25, 0.3) is 0 Å². The van der Waals surface area contributed by atoms with Crippen molar-refractivity contribution >= 4 is 60.2 Å². The lowest BCUT2D eigenvalue weighted by Crippen LogP contribution is -2.43. The van der Waals surface area contributed by atoms with Crippen molar-refractivity contribution in [1.29, 1.82) is 0 Å². The van der Waals surface area contributed by atoms with Gasteiger partial charge in [0.15, 0.2) is 15.7 Å². The lowest BCUT2D eigenvalue weighted by atomic mass is 10.0. The molecule has 2 aromatic heterocycles. The first-order valence-corrected chi connectivity index (χ1v) is 17.0. The number of hydrogen-bond donors (Lipinski definition) is 2. The fourth-order valence-electron chi connectivity index (χ4n) is 5.88. The molecular weight excluding hydrogens is 557 g/mol. The summed E-state index contributed by atoms with van der Waals surface area (Å²) in [6.45, 7) is 4.60. The molecule has 0 amide bonds. The Morgan fingerprint density at radius 3 is 2.51 bits per heavy atom. The molecule has 2 aliphatic rings. The maximum atomic E-state index is 12.0. The number of anilines is 5. The molecule has 4 heterocycles. The number of sulfone groups is 1. The van der Waals surface area contributed by atoms with Gasteiger partial charge in [-0.3, -0.25) is 0 Å². The van der Waals surface area contributed by atoms with Crippen LogP contribution >= 0.6 is 11.3 Å². The van der Waals surface area contributed by atoms with Crippen molar-refractivity contribution in [3.05, 3.63) is 59.5 Å². The fraction of sp³-hybridized carbons (Fsp3) is 0.400. The molecule has 0 aliphatic carbocycles. The first-order valence-electron chi connectivity index (χ1n) is 14.1. The van der Waals surface area contributed by atoms with E-state index < -0.39 is 9.84 Å². The maximum Gasteiger partial charge on any atom is 0.229 e. The standard InChI is InChI=1S/C30H36N6O3S2/c1-39-27-19-23(36-16-11-22(12-17-36)35-14-5-6-15-35)9-10-25(27)32-30-33-26-13-18-40-28(26)29(34-30)31-24-8-4-3-7-21(24)20-41(2,37)38/h3-4,7-10,13,18-19,22H,5-6,11-12,14-17,20H2,1-2H3,(H2,31,32,33,34). The van der Waals surface area contributed by atoms with E-state index in [-0.39, 0.29) is 5.75 Å². The number of piperidine rings is 1. The number of aromatic nitrogens is 2. The van der Waals surface area contributed by atoms with Crippen molar-refractivity contribution in [1.82, 2.24) is 14.9 Å². The Hall–Kier alpha value is -3.41. The lowest BCUT2D eigenvalue weighted by molar-refractivity contribution is 0.208.